The molecule has 0 spiro atoms. The maximum atomic E-state index is 13.6. The van der Waals surface area contributed by atoms with Crippen molar-refractivity contribution in [2.75, 3.05) is 0 Å². The maximum absolute atomic E-state index is 13.6. The van der Waals surface area contributed by atoms with Gasteiger partial charge in [-0.2, -0.15) is 13.2 Å². The van der Waals surface area contributed by atoms with Crippen molar-refractivity contribution in [3.05, 3.63) is 63.3 Å². The second-order valence-corrected chi connectivity index (χ2v) is 6.06. The van der Waals surface area contributed by atoms with Gasteiger partial charge >= 0.3 is 12.1 Å². The molecule has 2 aromatic heterocycles. The van der Waals surface area contributed by atoms with Crippen LogP contribution >= 0.6 is 0 Å². The van der Waals surface area contributed by atoms with Crippen LogP contribution in [0.25, 0.3) is 10.9 Å². The van der Waals surface area contributed by atoms with Crippen molar-refractivity contribution >= 4 is 16.9 Å². The maximum Gasteiger partial charge on any atom is 0.416 e. The Morgan fingerprint density at radius 1 is 1.29 bits per heavy atom. The summed E-state index contributed by atoms with van der Waals surface area (Å²) in [5.41, 5.74) is -1.97. The standard InChI is InChI=1S/C18H14F3N3O4/c1-8(28-15-4-3-10(7-22-15)17(26)27)11-5-12-14(6-13(11)18(19,20)21)23-9(2)24-16(12)25/h3-8H,1-2H3,(H,26,27)(H,23,24,25)/t8-/m0/s1. The Morgan fingerprint density at radius 3 is 2.57 bits per heavy atom. The van der Waals surface area contributed by atoms with E-state index in [9.17, 15) is 22.8 Å². The topological polar surface area (TPSA) is 105 Å². The quantitative estimate of drug-likeness (QED) is 0.703. The van der Waals surface area contributed by atoms with E-state index in [0.717, 1.165) is 18.3 Å². The molecule has 0 saturated heterocycles. The molecule has 28 heavy (non-hydrogen) atoms. The molecule has 3 aromatic rings. The molecular formula is C18H14F3N3O4. The molecule has 0 aliphatic heterocycles. The molecule has 0 bridgehead atoms. The molecule has 1 atom stereocenters. The Hall–Kier alpha value is -3.43. The first-order valence-corrected chi connectivity index (χ1v) is 8.04. The molecule has 2 heterocycles. The summed E-state index contributed by atoms with van der Waals surface area (Å²) in [6, 6.07) is 4.37. The highest BCUT2D eigenvalue weighted by atomic mass is 19.4. The molecular weight excluding hydrogens is 379 g/mol. The summed E-state index contributed by atoms with van der Waals surface area (Å²) in [4.78, 5) is 33.1. The van der Waals surface area contributed by atoms with E-state index in [0.29, 0.717) is 0 Å². The molecule has 3 rings (SSSR count). The van der Waals surface area contributed by atoms with Crippen LogP contribution in [0.15, 0.2) is 35.3 Å². The van der Waals surface area contributed by atoms with E-state index < -0.39 is 29.4 Å². The van der Waals surface area contributed by atoms with Gasteiger partial charge in [-0.05, 0) is 32.0 Å². The van der Waals surface area contributed by atoms with E-state index in [1.54, 1.807) is 0 Å². The normalized spacial score (nSPS) is 12.8. The average Bonchev–Trinajstić information content (AvgIpc) is 2.60. The highest BCUT2D eigenvalue weighted by molar-refractivity contribution is 5.87. The zero-order valence-corrected chi connectivity index (χ0v) is 14.7. The number of aromatic amines is 1. The Morgan fingerprint density at radius 2 is 2.00 bits per heavy atom. The number of aryl methyl sites for hydroxylation is 1. The lowest BCUT2D eigenvalue weighted by molar-refractivity contribution is -0.138. The minimum atomic E-state index is -4.69. The molecule has 2 N–H and O–H groups in total. The summed E-state index contributed by atoms with van der Waals surface area (Å²) in [5.74, 6) is -1.05. The number of pyridine rings is 1. The number of carboxylic acids is 1. The number of alkyl halides is 3. The van der Waals surface area contributed by atoms with Gasteiger partial charge in [0.15, 0.2) is 0 Å². The van der Waals surface area contributed by atoms with Crippen molar-refractivity contribution in [2.24, 2.45) is 0 Å². The van der Waals surface area contributed by atoms with Gasteiger partial charge in [0.05, 0.1) is 22.0 Å². The van der Waals surface area contributed by atoms with Gasteiger partial charge in [-0.1, -0.05) is 0 Å². The van der Waals surface area contributed by atoms with Gasteiger partial charge in [-0.25, -0.2) is 14.8 Å². The van der Waals surface area contributed by atoms with Crippen LogP contribution in [0.1, 0.15) is 40.3 Å². The van der Waals surface area contributed by atoms with Crippen molar-refractivity contribution in [3.63, 3.8) is 0 Å². The fourth-order valence-corrected chi connectivity index (χ4v) is 2.72. The van der Waals surface area contributed by atoms with Gasteiger partial charge in [0.25, 0.3) is 5.56 Å². The zero-order chi connectivity index (χ0) is 20.6. The van der Waals surface area contributed by atoms with Crippen LogP contribution in [0.4, 0.5) is 13.2 Å². The molecule has 0 fully saturated rings. The van der Waals surface area contributed by atoms with Crippen LogP contribution in [0.3, 0.4) is 0 Å². The second-order valence-electron chi connectivity index (χ2n) is 6.06. The first-order valence-electron chi connectivity index (χ1n) is 8.04. The summed E-state index contributed by atoms with van der Waals surface area (Å²) >= 11 is 0. The molecule has 0 saturated carbocycles. The van der Waals surface area contributed by atoms with Crippen LogP contribution < -0.4 is 10.3 Å². The van der Waals surface area contributed by atoms with Crippen molar-refractivity contribution in [2.45, 2.75) is 26.1 Å². The van der Waals surface area contributed by atoms with Gasteiger partial charge in [0, 0.05) is 17.8 Å². The Balaban J connectivity index is 2.06. The fourth-order valence-electron chi connectivity index (χ4n) is 2.72. The molecule has 0 aliphatic carbocycles. The van der Waals surface area contributed by atoms with E-state index in [1.165, 1.54) is 26.0 Å². The van der Waals surface area contributed by atoms with E-state index >= 15 is 0 Å². The zero-order valence-electron chi connectivity index (χ0n) is 14.7. The van der Waals surface area contributed by atoms with Crippen LogP contribution in [0, 0.1) is 6.92 Å². The number of ether oxygens (including phenoxy) is 1. The van der Waals surface area contributed by atoms with Gasteiger partial charge in [-0.3, -0.25) is 4.79 Å². The van der Waals surface area contributed by atoms with Crippen LogP contribution in [0.5, 0.6) is 5.88 Å². The SMILES string of the molecule is Cc1nc2cc(C(F)(F)F)c([C@H](C)Oc3ccc(C(=O)O)cn3)cc2c(=O)[nH]1. The minimum absolute atomic E-state index is 0.00163. The molecule has 0 amide bonds. The smallest absolute Gasteiger partial charge is 0.416 e. The fraction of sp³-hybridized carbons (Fsp3) is 0.222. The number of benzene rings is 1. The van der Waals surface area contributed by atoms with Gasteiger partial charge < -0.3 is 14.8 Å². The highest BCUT2D eigenvalue weighted by Crippen LogP contribution is 2.37. The van der Waals surface area contributed by atoms with Crippen molar-refractivity contribution in [3.8, 4) is 5.88 Å². The lowest BCUT2D eigenvalue weighted by Gasteiger charge is -2.20. The number of nitrogens with zero attached hydrogens (tertiary/aromatic N) is 2. The Bertz CT molecular complexity index is 1110. The number of hydrogen-bond donors (Lipinski definition) is 2. The number of fused-ring (bicyclic) bond motifs is 1. The van der Waals surface area contributed by atoms with E-state index in [1.807, 2.05) is 0 Å². The van der Waals surface area contributed by atoms with Crippen LogP contribution in [-0.2, 0) is 6.18 Å². The third kappa shape index (κ3) is 3.80. The van der Waals surface area contributed by atoms with Crippen LogP contribution in [0.2, 0.25) is 0 Å². The summed E-state index contributed by atoms with van der Waals surface area (Å²) in [6.45, 7) is 2.85. The minimum Gasteiger partial charge on any atom is -0.478 e. The van der Waals surface area contributed by atoms with Crippen molar-refractivity contribution in [1.29, 1.82) is 0 Å². The molecule has 146 valence electrons. The number of carbonyl (C=O) groups is 1. The molecule has 10 heteroatoms. The number of carboxylic acid groups (broad SMARTS) is 1. The van der Waals surface area contributed by atoms with E-state index in [4.69, 9.17) is 9.84 Å². The first-order chi connectivity index (χ1) is 13.1. The first kappa shape index (κ1) is 19.3. The third-order valence-corrected chi connectivity index (χ3v) is 4.02. The molecule has 7 nitrogen and oxygen atoms in total. The summed E-state index contributed by atoms with van der Waals surface area (Å²) in [5, 5.41) is 8.86. The summed E-state index contributed by atoms with van der Waals surface area (Å²) in [7, 11) is 0. The average molecular weight is 393 g/mol. The van der Waals surface area contributed by atoms with Gasteiger partial charge in [-0.15, -0.1) is 0 Å². The predicted molar refractivity (Wildman–Crippen MR) is 92.3 cm³/mol. The summed E-state index contributed by atoms with van der Waals surface area (Å²) < 4.78 is 46.2. The molecule has 0 unspecified atom stereocenters. The number of halogens is 3. The number of H-pyrrole nitrogens is 1. The largest absolute Gasteiger partial charge is 0.478 e. The van der Waals surface area contributed by atoms with E-state index in [-0.39, 0.29) is 33.7 Å². The summed E-state index contributed by atoms with van der Waals surface area (Å²) in [6.07, 6.45) is -4.78. The molecule has 1 aromatic carbocycles. The Kier molecular flexibility index (Phi) is 4.80. The highest BCUT2D eigenvalue weighted by Gasteiger charge is 2.36. The Labute approximate surface area is 155 Å². The number of aromatic nitrogens is 3. The predicted octanol–water partition coefficient (Wildman–Crippen LogP) is 3.48. The molecule has 0 aliphatic rings. The number of nitrogens with one attached hydrogen (secondary N) is 1. The molecule has 0 radical (unpaired) electrons. The monoisotopic (exact) mass is 393 g/mol. The van der Waals surface area contributed by atoms with Crippen LogP contribution in [-0.4, -0.2) is 26.0 Å². The number of rotatable bonds is 4. The number of aromatic carboxylic acids is 1. The lowest BCUT2D eigenvalue weighted by Crippen LogP contribution is -2.17. The van der Waals surface area contributed by atoms with E-state index in [2.05, 4.69) is 15.0 Å². The third-order valence-electron chi connectivity index (χ3n) is 4.02. The van der Waals surface area contributed by atoms with Gasteiger partial charge in [0.1, 0.15) is 11.9 Å². The second kappa shape index (κ2) is 6.95. The van der Waals surface area contributed by atoms with Crippen molar-refractivity contribution in [1.82, 2.24) is 15.0 Å². The van der Waals surface area contributed by atoms with Gasteiger partial charge in [0.2, 0.25) is 5.88 Å². The number of hydrogen-bond acceptors (Lipinski definition) is 5. The van der Waals surface area contributed by atoms with Crippen molar-refractivity contribution < 1.29 is 27.8 Å². The lowest BCUT2D eigenvalue weighted by atomic mass is 10.00.